The van der Waals surface area contributed by atoms with E-state index in [-0.39, 0.29) is 5.78 Å². The number of hydrogen-bond donors (Lipinski definition) is 1. The Morgan fingerprint density at radius 1 is 1.47 bits per heavy atom. The third kappa shape index (κ3) is 4.32. The van der Waals surface area contributed by atoms with E-state index in [1.54, 1.807) is 12.4 Å². The molecule has 1 unspecified atom stereocenters. The summed E-state index contributed by atoms with van der Waals surface area (Å²) >= 11 is 0. The summed E-state index contributed by atoms with van der Waals surface area (Å²) in [6.07, 6.45) is 5.30. The molecule has 0 aliphatic heterocycles. The van der Waals surface area contributed by atoms with Crippen LogP contribution in [0.3, 0.4) is 0 Å². The van der Waals surface area contributed by atoms with E-state index >= 15 is 0 Å². The van der Waals surface area contributed by atoms with Gasteiger partial charge in [-0.1, -0.05) is 27.7 Å². The first-order valence-corrected chi connectivity index (χ1v) is 5.54. The molecule has 0 radical (unpaired) electrons. The number of aromatic amines is 1. The smallest absolute Gasteiger partial charge is 0.164 e. The molecule has 1 aromatic rings. The van der Waals surface area contributed by atoms with Crippen LogP contribution in [0.2, 0.25) is 0 Å². The van der Waals surface area contributed by atoms with Gasteiger partial charge in [-0.05, 0) is 23.8 Å². The van der Waals surface area contributed by atoms with Crippen molar-refractivity contribution in [3.8, 4) is 0 Å². The number of Topliss-reactive ketones (excluding diaryl/α,β-unsaturated/α-hetero) is 1. The second kappa shape index (κ2) is 4.65. The molecule has 0 aliphatic rings. The Bertz CT molecular complexity index is 306. The van der Waals surface area contributed by atoms with Crippen LogP contribution in [0, 0.1) is 11.3 Å². The van der Waals surface area contributed by atoms with Gasteiger partial charge in [0, 0.05) is 24.4 Å². The van der Waals surface area contributed by atoms with Crippen LogP contribution in [0.4, 0.5) is 0 Å². The van der Waals surface area contributed by atoms with Crippen LogP contribution in [-0.2, 0) is 0 Å². The Balaban J connectivity index is 2.45. The van der Waals surface area contributed by atoms with Gasteiger partial charge in [0.05, 0.1) is 0 Å². The number of aromatic nitrogens is 1. The maximum Gasteiger partial charge on any atom is 0.164 e. The molecule has 2 nitrogen and oxygen atoms in total. The molecule has 0 fully saturated rings. The molecule has 0 bridgehead atoms. The molecule has 1 N–H and O–H groups in total. The zero-order valence-corrected chi connectivity index (χ0v) is 10.1. The summed E-state index contributed by atoms with van der Waals surface area (Å²) in [5, 5.41) is 0. The third-order valence-electron chi connectivity index (χ3n) is 2.41. The number of carbonyl (C=O) groups excluding carboxylic acids is 1. The molecule has 84 valence electrons. The highest BCUT2D eigenvalue weighted by atomic mass is 16.1. The summed E-state index contributed by atoms with van der Waals surface area (Å²) in [5.74, 6) is 0.695. The summed E-state index contributed by atoms with van der Waals surface area (Å²) in [6.45, 7) is 8.79. The van der Waals surface area contributed by atoms with Gasteiger partial charge in [-0.25, -0.2) is 0 Å². The first-order chi connectivity index (χ1) is 6.88. The molecule has 0 saturated carbocycles. The number of H-pyrrole nitrogens is 1. The molecule has 0 amide bonds. The van der Waals surface area contributed by atoms with Crippen LogP contribution in [0.5, 0.6) is 0 Å². The normalized spacial score (nSPS) is 13.9. The first-order valence-electron chi connectivity index (χ1n) is 5.54. The van der Waals surface area contributed by atoms with Crippen LogP contribution in [0.25, 0.3) is 0 Å². The summed E-state index contributed by atoms with van der Waals surface area (Å²) < 4.78 is 0. The van der Waals surface area contributed by atoms with E-state index in [2.05, 4.69) is 32.7 Å². The second-order valence-corrected chi connectivity index (χ2v) is 5.60. The van der Waals surface area contributed by atoms with Gasteiger partial charge >= 0.3 is 0 Å². The SMILES string of the molecule is CC(CC(=O)c1cc[nH]c1)CC(C)(C)C. The second-order valence-electron chi connectivity index (χ2n) is 5.60. The van der Waals surface area contributed by atoms with E-state index < -0.39 is 0 Å². The van der Waals surface area contributed by atoms with Crippen LogP contribution in [-0.4, -0.2) is 10.8 Å². The largest absolute Gasteiger partial charge is 0.367 e. The van der Waals surface area contributed by atoms with Crippen LogP contribution in [0.1, 0.15) is 50.9 Å². The quantitative estimate of drug-likeness (QED) is 0.751. The summed E-state index contributed by atoms with van der Waals surface area (Å²) in [4.78, 5) is 14.7. The summed E-state index contributed by atoms with van der Waals surface area (Å²) in [6, 6.07) is 1.84. The van der Waals surface area contributed by atoms with Crippen molar-refractivity contribution in [2.45, 2.75) is 40.5 Å². The number of nitrogens with one attached hydrogen (secondary N) is 1. The predicted octanol–water partition coefficient (Wildman–Crippen LogP) is 3.66. The van der Waals surface area contributed by atoms with Gasteiger partial charge in [0.2, 0.25) is 0 Å². The number of carbonyl (C=O) groups is 1. The molecule has 1 heterocycles. The van der Waals surface area contributed by atoms with E-state index in [0.717, 1.165) is 12.0 Å². The van der Waals surface area contributed by atoms with Gasteiger partial charge in [0.1, 0.15) is 0 Å². The van der Waals surface area contributed by atoms with E-state index in [0.29, 0.717) is 17.8 Å². The molecule has 2 heteroatoms. The number of hydrogen-bond acceptors (Lipinski definition) is 1. The molecule has 15 heavy (non-hydrogen) atoms. The van der Waals surface area contributed by atoms with E-state index in [9.17, 15) is 4.79 Å². The Morgan fingerprint density at radius 3 is 2.60 bits per heavy atom. The number of ketones is 1. The number of rotatable bonds is 4. The Morgan fingerprint density at radius 2 is 2.13 bits per heavy atom. The highest BCUT2D eigenvalue weighted by Gasteiger charge is 2.18. The monoisotopic (exact) mass is 207 g/mol. The van der Waals surface area contributed by atoms with Gasteiger partial charge in [-0.3, -0.25) is 4.79 Å². The lowest BCUT2D eigenvalue weighted by Gasteiger charge is -2.22. The minimum Gasteiger partial charge on any atom is -0.367 e. The summed E-state index contributed by atoms with van der Waals surface area (Å²) in [5.41, 5.74) is 1.11. The van der Waals surface area contributed by atoms with Crippen molar-refractivity contribution in [3.63, 3.8) is 0 Å². The Labute approximate surface area is 92.1 Å². The van der Waals surface area contributed by atoms with Crippen molar-refractivity contribution >= 4 is 5.78 Å². The minimum atomic E-state index is 0.244. The van der Waals surface area contributed by atoms with E-state index in [4.69, 9.17) is 0 Å². The van der Waals surface area contributed by atoms with E-state index in [1.165, 1.54) is 0 Å². The maximum absolute atomic E-state index is 11.8. The Kier molecular flexibility index (Phi) is 3.72. The molecule has 0 aromatic carbocycles. The maximum atomic E-state index is 11.8. The molecule has 1 aromatic heterocycles. The van der Waals surface area contributed by atoms with Gasteiger partial charge < -0.3 is 4.98 Å². The highest BCUT2D eigenvalue weighted by molar-refractivity contribution is 5.95. The molecule has 0 spiro atoms. The van der Waals surface area contributed by atoms with Crippen LogP contribution < -0.4 is 0 Å². The van der Waals surface area contributed by atoms with Gasteiger partial charge in [-0.15, -0.1) is 0 Å². The standard InChI is InChI=1S/C13H21NO/c1-10(8-13(2,3)4)7-12(15)11-5-6-14-9-11/h5-6,9-10,14H,7-8H2,1-4H3. The fourth-order valence-corrected chi connectivity index (χ4v) is 2.05. The Hall–Kier alpha value is -1.05. The fraction of sp³-hybridized carbons (Fsp3) is 0.615. The molecular formula is C13H21NO. The zero-order valence-electron chi connectivity index (χ0n) is 10.1. The van der Waals surface area contributed by atoms with Crippen molar-refractivity contribution in [3.05, 3.63) is 24.0 Å². The fourth-order valence-electron chi connectivity index (χ4n) is 2.05. The lowest BCUT2D eigenvalue weighted by molar-refractivity contribution is 0.0954. The van der Waals surface area contributed by atoms with E-state index in [1.807, 2.05) is 6.07 Å². The van der Waals surface area contributed by atoms with Crippen molar-refractivity contribution in [1.82, 2.24) is 4.98 Å². The molecule has 0 saturated heterocycles. The highest BCUT2D eigenvalue weighted by Crippen LogP contribution is 2.26. The minimum absolute atomic E-state index is 0.244. The van der Waals surface area contributed by atoms with Crippen molar-refractivity contribution in [1.29, 1.82) is 0 Å². The van der Waals surface area contributed by atoms with Crippen LogP contribution in [0.15, 0.2) is 18.5 Å². The van der Waals surface area contributed by atoms with Crippen molar-refractivity contribution in [2.75, 3.05) is 0 Å². The van der Waals surface area contributed by atoms with Crippen LogP contribution >= 0.6 is 0 Å². The van der Waals surface area contributed by atoms with Gasteiger partial charge in [0.15, 0.2) is 5.78 Å². The molecule has 1 atom stereocenters. The average Bonchev–Trinajstić information content (AvgIpc) is 2.50. The summed E-state index contributed by atoms with van der Waals surface area (Å²) in [7, 11) is 0. The molecule has 0 aliphatic carbocycles. The molecular weight excluding hydrogens is 186 g/mol. The lowest BCUT2D eigenvalue weighted by Crippen LogP contribution is -2.14. The predicted molar refractivity (Wildman–Crippen MR) is 63.0 cm³/mol. The zero-order chi connectivity index (χ0) is 11.5. The third-order valence-corrected chi connectivity index (χ3v) is 2.41. The average molecular weight is 207 g/mol. The first kappa shape index (κ1) is 12.0. The molecule has 1 rings (SSSR count). The van der Waals surface area contributed by atoms with Gasteiger partial charge in [0.25, 0.3) is 0 Å². The van der Waals surface area contributed by atoms with Gasteiger partial charge in [-0.2, -0.15) is 0 Å². The van der Waals surface area contributed by atoms with Crippen molar-refractivity contribution in [2.24, 2.45) is 11.3 Å². The topological polar surface area (TPSA) is 32.9 Å². The van der Waals surface area contributed by atoms with Crippen molar-refractivity contribution < 1.29 is 4.79 Å². The lowest BCUT2D eigenvalue weighted by atomic mass is 9.83.